The van der Waals surface area contributed by atoms with Gasteiger partial charge in [0.15, 0.2) is 6.79 Å². The van der Waals surface area contributed by atoms with E-state index in [2.05, 4.69) is 18.7 Å². The third-order valence-electron chi connectivity index (χ3n) is 3.78. The number of ether oxygens (including phenoxy) is 2. The van der Waals surface area contributed by atoms with E-state index in [0.29, 0.717) is 12.5 Å². The van der Waals surface area contributed by atoms with E-state index < -0.39 is 5.97 Å². The fourth-order valence-corrected chi connectivity index (χ4v) is 2.80. The van der Waals surface area contributed by atoms with Gasteiger partial charge in [-0.3, -0.25) is 0 Å². The topological polar surface area (TPSA) is 35.5 Å². The highest BCUT2D eigenvalue weighted by atomic mass is 16.7. The Hall–Kier alpha value is -1.35. The van der Waals surface area contributed by atoms with Crippen molar-refractivity contribution in [3.8, 4) is 0 Å². The van der Waals surface area contributed by atoms with Crippen molar-refractivity contribution < 1.29 is 14.3 Å². The molecule has 0 bridgehead atoms. The van der Waals surface area contributed by atoms with Gasteiger partial charge < -0.3 is 9.47 Å². The maximum absolute atomic E-state index is 10.9. The van der Waals surface area contributed by atoms with E-state index in [1.807, 2.05) is 0 Å². The van der Waals surface area contributed by atoms with Crippen LogP contribution in [0.15, 0.2) is 36.0 Å². The summed E-state index contributed by atoms with van der Waals surface area (Å²) in [6, 6.07) is 0. The van der Waals surface area contributed by atoms with E-state index >= 15 is 0 Å². The predicted molar refractivity (Wildman–Crippen MR) is 74.5 cm³/mol. The normalized spacial score (nSPS) is 18.4. The minimum Gasteiger partial charge on any atom is -0.435 e. The lowest BCUT2D eigenvalue weighted by Crippen LogP contribution is -2.16. The summed E-state index contributed by atoms with van der Waals surface area (Å²) in [5.41, 5.74) is 3.01. The molecule has 0 N–H and O–H groups in total. The second kappa shape index (κ2) is 7.29. The Morgan fingerprint density at radius 3 is 2.37 bits per heavy atom. The number of hydrogen-bond donors (Lipinski definition) is 0. The lowest BCUT2D eigenvalue weighted by Gasteiger charge is -2.20. The molecule has 2 aliphatic rings. The number of allylic oxidation sites excluding steroid dienone is 2. The molecular weight excluding hydrogens is 240 g/mol. The molecule has 0 amide bonds. The van der Waals surface area contributed by atoms with Gasteiger partial charge >= 0.3 is 5.97 Å². The Kier molecular flexibility index (Phi) is 5.40. The first-order valence-corrected chi connectivity index (χ1v) is 7.06. The van der Waals surface area contributed by atoms with Crippen molar-refractivity contribution >= 4 is 5.97 Å². The highest BCUT2D eigenvalue weighted by molar-refractivity contribution is 5.81. The van der Waals surface area contributed by atoms with E-state index in [-0.39, 0.29) is 6.79 Å². The maximum Gasteiger partial charge on any atom is 0.332 e. The average molecular weight is 262 g/mol. The molecule has 19 heavy (non-hydrogen) atoms. The molecule has 0 saturated carbocycles. The molecule has 0 saturated heterocycles. The highest BCUT2D eigenvalue weighted by Crippen LogP contribution is 2.35. The number of rotatable bonds is 7. The minimum absolute atomic E-state index is 0.0158. The van der Waals surface area contributed by atoms with Crippen molar-refractivity contribution in [1.82, 2.24) is 0 Å². The summed E-state index contributed by atoms with van der Waals surface area (Å²) in [4.78, 5) is 10.9. The fraction of sp³-hybridized carbons (Fsp3) is 0.562. The van der Waals surface area contributed by atoms with Crippen molar-refractivity contribution in [3.63, 3.8) is 0 Å². The van der Waals surface area contributed by atoms with Crippen LogP contribution in [-0.4, -0.2) is 19.4 Å². The molecule has 0 aromatic carbocycles. The lowest BCUT2D eigenvalue weighted by molar-refractivity contribution is -0.150. The summed E-state index contributed by atoms with van der Waals surface area (Å²) in [6.07, 6.45) is 13.1. The van der Waals surface area contributed by atoms with E-state index in [1.165, 1.54) is 49.7 Å². The lowest BCUT2D eigenvalue weighted by atomic mass is 9.90. The highest BCUT2D eigenvalue weighted by Gasteiger charge is 2.23. The molecule has 104 valence electrons. The summed E-state index contributed by atoms with van der Waals surface area (Å²) in [5, 5.41) is 0. The quantitative estimate of drug-likeness (QED) is 0.231. The zero-order valence-corrected chi connectivity index (χ0v) is 11.4. The molecule has 2 rings (SSSR count). The summed E-state index contributed by atoms with van der Waals surface area (Å²) >= 11 is 0. The Balaban J connectivity index is 1.84. The van der Waals surface area contributed by atoms with Crippen LogP contribution in [-0.2, 0) is 14.3 Å². The standard InChI is InChI=1S/C16H22O3/c1-2-16(17)19-12-18-11-15(13-7-3-4-8-13)14-9-5-6-10-14/h2,7,9,15H,1,3-6,8,10-12H2. The van der Waals surface area contributed by atoms with Crippen LogP contribution in [0.5, 0.6) is 0 Å². The number of hydrogen-bond acceptors (Lipinski definition) is 3. The number of carbonyl (C=O) groups excluding carboxylic acids is 1. The molecule has 3 heteroatoms. The Morgan fingerprint density at radius 2 is 1.89 bits per heavy atom. The van der Waals surface area contributed by atoms with Crippen molar-refractivity contribution in [2.24, 2.45) is 5.92 Å². The van der Waals surface area contributed by atoms with Gasteiger partial charge in [-0.25, -0.2) is 4.79 Å². The van der Waals surface area contributed by atoms with Gasteiger partial charge in [-0.05, 0) is 38.5 Å². The van der Waals surface area contributed by atoms with E-state index in [4.69, 9.17) is 9.47 Å². The van der Waals surface area contributed by atoms with E-state index in [0.717, 1.165) is 6.08 Å². The van der Waals surface area contributed by atoms with Gasteiger partial charge in [0.05, 0.1) is 6.61 Å². The molecule has 0 aromatic rings. The van der Waals surface area contributed by atoms with Crippen molar-refractivity contribution in [2.45, 2.75) is 38.5 Å². The first-order chi connectivity index (χ1) is 9.31. The van der Waals surface area contributed by atoms with Crippen molar-refractivity contribution in [3.05, 3.63) is 36.0 Å². The summed E-state index contributed by atoms with van der Waals surface area (Å²) in [7, 11) is 0. The number of esters is 1. The zero-order chi connectivity index (χ0) is 13.5. The van der Waals surface area contributed by atoms with Crippen molar-refractivity contribution in [1.29, 1.82) is 0 Å². The van der Waals surface area contributed by atoms with Gasteiger partial charge in [0.2, 0.25) is 0 Å². The second-order valence-corrected chi connectivity index (χ2v) is 5.05. The monoisotopic (exact) mass is 262 g/mol. The summed E-state index contributed by atoms with van der Waals surface area (Å²) < 4.78 is 10.4. The van der Waals surface area contributed by atoms with E-state index in [9.17, 15) is 4.79 Å². The first-order valence-electron chi connectivity index (χ1n) is 7.06. The average Bonchev–Trinajstić information content (AvgIpc) is 3.11. The third-order valence-corrected chi connectivity index (χ3v) is 3.78. The Morgan fingerprint density at radius 1 is 1.26 bits per heavy atom. The van der Waals surface area contributed by atoms with Crippen LogP contribution in [0.4, 0.5) is 0 Å². The van der Waals surface area contributed by atoms with Gasteiger partial charge in [-0.15, -0.1) is 0 Å². The molecule has 0 aliphatic heterocycles. The predicted octanol–water partition coefficient (Wildman–Crippen LogP) is 3.53. The first kappa shape index (κ1) is 14.1. The summed E-state index contributed by atoms with van der Waals surface area (Å²) in [5.74, 6) is -0.0378. The molecule has 0 radical (unpaired) electrons. The van der Waals surface area contributed by atoms with Crippen LogP contribution in [0.1, 0.15) is 38.5 Å². The van der Waals surface area contributed by atoms with Crippen LogP contribution in [0, 0.1) is 5.92 Å². The Bertz CT molecular complexity index is 369. The largest absolute Gasteiger partial charge is 0.435 e. The molecule has 0 aromatic heterocycles. The molecule has 0 unspecified atom stereocenters. The van der Waals surface area contributed by atoms with Crippen LogP contribution >= 0.6 is 0 Å². The van der Waals surface area contributed by atoms with E-state index in [1.54, 1.807) is 0 Å². The molecule has 0 fully saturated rings. The van der Waals surface area contributed by atoms with Crippen LogP contribution in [0.3, 0.4) is 0 Å². The van der Waals surface area contributed by atoms with Crippen LogP contribution < -0.4 is 0 Å². The Labute approximate surface area is 115 Å². The van der Waals surface area contributed by atoms with Crippen LogP contribution in [0.2, 0.25) is 0 Å². The molecule has 2 aliphatic carbocycles. The smallest absolute Gasteiger partial charge is 0.332 e. The molecular formula is C16H22O3. The minimum atomic E-state index is -0.434. The maximum atomic E-state index is 10.9. The fourth-order valence-electron chi connectivity index (χ4n) is 2.80. The van der Waals surface area contributed by atoms with Gasteiger partial charge in [0.25, 0.3) is 0 Å². The SMILES string of the molecule is C=CC(=O)OCOCC(C1=CCCC1)C1=CCCC1. The van der Waals surface area contributed by atoms with Gasteiger partial charge in [-0.2, -0.15) is 0 Å². The van der Waals surface area contributed by atoms with Gasteiger partial charge in [-0.1, -0.05) is 29.9 Å². The molecule has 3 nitrogen and oxygen atoms in total. The molecule has 0 atom stereocenters. The zero-order valence-electron chi connectivity index (χ0n) is 11.4. The van der Waals surface area contributed by atoms with Gasteiger partial charge in [0, 0.05) is 12.0 Å². The third kappa shape index (κ3) is 4.06. The summed E-state index contributed by atoms with van der Waals surface area (Å²) in [6.45, 7) is 3.98. The number of carbonyl (C=O) groups is 1. The molecule has 0 heterocycles. The molecule has 0 spiro atoms. The van der Waals surface area contributed by atoms with Crippen molar-refractivity contribution in [2.75, 3.05) is 13.4 Å². The van der Waals surface area contributed by atoms with Crippen LogP contribution in [0.25, 0.3) is 0 Å². The van der Waals surface area contributed by atoms with Gasteiger partial charge in [0.1, 0.15) is 0 Å². The second-order valence-electron chi connectivity index (χ2n) is 5.05.